The number of benzene rings is 2. The highest BCUT2D eigenvalue weighted by Crippen LogP contribution is 2.18. The van der Waals surface area contributed by atoms with Crippen molar-refractivity contribution in [3.05, 3.63) is 71.8 Å². The molecule has 3 heteroatoms. The van der Waals surface area contributed by atoms with Crippen molar-refractivity contribution in [3.63, 3.8) is 0 Å². The zero-order chi connectivity index (χ0) is 14.3. The molecule has 1 N–H and O–H groups in total. The van der Waals surface area contributed by atoms with Gasteiger partial charge in [-0.25, -0.2) is 0 Å². The molecule has 0 spiro atoms. The molecule has 104 valence electrons. The largest absolute Gasteiger partial charge is 0.393 e. The summed E-state index contributed by atoms with van der Waals surface area (Å²) in [5.74, 6) is 0. The molecule has 20 heavy (non-hydrogen) atoms. The van der Waals surface area contributed by atoms with E-state index in [0.717, 1.165) is 11.1 Å². The lowest BCUT2D eigenvalue weighted by atomic mass is 9.96. The number of carbonyl (C=O) groups excluding carboxylic acids is 1. The van der Waals surface area contributed by atoms with Gasteiger partial charge in [0.15, 0.2) is 11.9 Å². The Balaban J connectivity index is 2.07. The Morgan fingerprint density at radius 2 is 1.50 bits per heavy atom. The van der Waals surface area contributed by atoms with E-state index in [1.54, 1.807) is 0 Å². The van der Waals surface area contributed by atoms with Crippen LogP contribution in [0.2, 0.25) is 0 Å². The quantitative estimate of drug-likeness (QED) is 0.786. The van der Waals surface area contributed by atoms with E-state index in [0.29, 0.717) is 19.3 Å². The summed E-state index contributed by atoms with van der Waals surface area (Å²) in [6, 6.07) is 19.2. The lowest BCUT2D eigenvalue weighted by molar-refractivity contribution is -0.139. The second-order valence-electron chi connectivity index (χ2n) is 4.78. The van der Waals surface area contributed by atoms with Gasteiger partial charge in [0.25, 0.3) is 0 Å². The Hall–Kier alpha value is -1.97. The van der Waals surface area contributed by atoms with E-state index in [9.17, 15) is 9.90 Å². The lowest BCUT2D eigenvalue weighted by Crippen LogP contribution is -2.41. The maximum absolute atomic E-state index is 11.4. The van der Waals surface area contributed by atoms with Gasteiger partial charge >= 0.3 is 0 Å². The highest BCUT2D eigenvalue weighted by Gasteiger charge is 2.30. The molecule has 0 aromatic heterocycles. The Labute approximate surface area is 118 Å². The smallest absolute Gasteiger partial charge is 0.154 e. The fourth-order valence-corrected chi connectivity index (χ4v) is 2.01. The molecule has 0 saturated heterocycles. The number of hydrogen-bond donors (Lipinski definition) is 1. The Kier molecular flexibility index (Phi) is 5.04. The Morgan fingerprint density at radius 1 is 0.950 bits per heavy atom. The first-order chi connectivity index (χ1) is 9.78. The number of hydrogen-bond acceptors (Lipinski definition) is 3. The third kappa shape index (κ3) is 3.76. The van der Waals surface area contributed by atoms with Gasteiger partial charge in [-0.2, -0.15) is 0 Å². The van der Waals surface area contributed by atoms with Crippen LogP contribution in [0.5, 0.6) is 0 Å². The Morgan fingerprint density at radius 3 is 2.00 bits per heavy atom. The molecule has 1 atom stereocenters. The van der Waals surface area contributed by atoms with Crippen LogP contribution < -0.4 is 0 Å². The minimum absolute atomic E-state index is 0.299. The van der Waals surface area contributed by atoms with E-state index >= 15 is 0 Å². The standard InChI is InChI=1S/C17H18O3/c18-13-17(14-19,11-15-7-3-1-4-8-15)20-12-16-9-5-2-6-10-16/h1-10,13,19H,11-12,14H2. The first kappa shape index (κ1) is 14.4. The van der Waals surface area contributed by atoms with Gasteiger partial charge in [-0.3, -0.25) is 0 Å². The van der Waals surface area contributed by atoms with Crippen molar-refractivity contribution in [2.24, 2.45) is 0 Å². The zero-order valence-electron chi connectivity index (χ0n) is 11.2. The average molecular weight is 270 g/mol. The normalized spacial score (nSPS) is 13.7. The summed E-state index contributed by atoms with van der Waals surface area (Å²) in [5.41, 5.74) is 0.749. The minimum Gasteiger partial charge on any atom is -0.393 e. The van der Waals surface area contributed by atoms with Crippen molar-refractivity contribution in [2.45, 2.75) is 18.6 Å². The van der Waals surface area contributed by atoms with Crippen LogP contribution in [0.15, 0.2) is 60.7 Å². The molecule has 1 unspecified atom stereocenters. The molecule has 0 heterocycles. The molecule has 0 aliphatic heterocycles. The zero-order valence-corrected chi connectivity index (χ0v) is 11.2. The highest BCUT2D eigenvalue weighted by atomic mass is 16.5. The van der Waals surface area contributed by atoms with Gasteiger partial charge in [0.1, 0.15) is 0 Å². The summed E-state index contributed by atoms with van der Waals surface area (Å²) in [6.07, 6.45) is 1.06. The summed E-state index contributed by atoms with van der Waals surface area (Å²) in [6.45, 7) is -0.0365. The predicted molar refractivity (Wildman–Crippen MR) is 77.3 cm³/mol. The molecule has 0 fully saturated rings. The van der Waals surface area contributed by atoms with Crippen LogP contribution in [0.1, 0.15) is 11.1 Å². The number of aliphatic hydroxyl groups excluding tert-OH is 1. The molecule has 2 aromatic carbocycles. The summed E-state index contributed by atoms with van der Waals surface area (Å²) in [5, 5.41) is 9.56. The Bertz CT molecular complexity index is 524. The first-order valence-electron chi connectivity index (χ1n) is 6.57. The maximum Gasteiger partial charge on any atom is 0.154 e. The molecule has 0 radical (unpaired) electrons. The summed E-state index contributed by atoms with van der Waals surface area (Å²) < 4.78 is 5.70. The third-order valence-electron chi connectivity index (χ3n) is 3.20. The topological polar surface area (TPSA) is 46.5 Å². The molecule has 0 bridgehead atoms. The van der Waals surface area contributed by atoms with Gasteiger partial charge in [0, 0.05) is 6.42 Å². The van der Waals surface area contributed by atoms with Crippen LogP contribution in [0.3, 0.4) is 0 Å². The van der Waals surface area contributed by atoms with Crippen molar-refractivity contribution >= 4 is 6.29 Å². The number of ether oxygens (including phenoxy) is 1. The van der Waals surface area contributed by atoms with Gasteiger partial charge in [0.2, 0.25) is 0 Å². The summed E-state index contributed by atoms with van der Waals surface area (Å²) in [7, 11) is 0. The molecular weight excluding hydrogens is 252 g/mol. The SMILES string of the molecule is O=CC(CO)(Cc1ccccc1)OCc1ccccc1. The molecular formula is C17H18O3. The monoisotopic (exact) mass is 270 g/mol. The summed E-state index contributed by atoms with van der Waals surface area (Å²) in [4.78, 5) is 11.4. The summed E-state index contributed by atoms with van der Waals surface area (Å²) >= 11 is 0. The predicted octanol–water partition coefficient (Wildman–Crippen LogP) is 2.38. The molecule has 2 aromatic rings. The van der Waals surface area contributed by atoms with Crippen molar-refractivity contribution in [2.75, 3.05) is 6.61 Å². The maximum atomic E-state index is 11.4. The van der Waals surface area contributed by atoms with E-state index in [4.69, 9.17) is 4.74 Å². The van der Waals surface area contributed by atoms with Crippen LogP contribution in [-0.2, 0) is 22.6 Å². The van der Waals surface area contributed by atoms with Gasteiger partial charge < -0.3 is 14.6 Å². The van der Waals surface area contributed by atoms with Crippen molar-refractivity contribution in [1.82, 2.24) is 0 Å². The van der Waals surface area contributed by atoms with E-state index < -0.39 is 5.60 Å². The molecule has 0 amide bonds. The second-order valence-corrected chi connectivity index (χ2v) is 4.78. The fourth-order valence-electron chi connectivity index (χ4n) is 2.01. The van der Waals surface area contributed by atoms with Gasteiger partial charge in [-0.15, -0.1) is 0 Å². The van der Waals surface area contributed by atoms with Crippen LogP contribution in [0, 0.1) is 0 Å². The van der Waals surface area contributed by atoms with Crippen molar-refractivity contribution in [1.29, 1.82) is 0 Å². The number of aldehydes is 1. The third-order valence-corrected chi connectivity index (χ3v) is 3.20. The minimum atomic E-state index is -1.18. The van der Waals surface area contributed by atoms with Crippen LogP contribution >= 0.6 is 0 Å². The fraction of sp³-hybridized carbons (Fsp3) is 0.235. The van der Waals surface area contributed by atoms with Crippen molar-refractivity contribution in [3.8, 4) is 0 Å². The van der Waals surface area contributed by atoms with E-state index in [-0.39, 0.29) is 6.61 Å². The molecule has 3 nitrogen and oxygen atoms in total. The van der Waals surface area contributed by atoms with Crippen LogP contribution in [0.4, 0.5) is 0 Å². The van der Waals surface area contributed by atoms with Crippen LogP contribution in [0.25, 0.3) is 0 Å². The molecule has 0 aliphatic rings. The highest BCUT2D eigenvalue weighted by molar-refractivity contribution is 5.63. The second kappa shape index (κ2) is 6.98. The number of aliphatic hydroxyl groups is 1. The van der Waals surface area contributed by atoms with E-state index in [1.165, 1.54) is 0 Å². The van der Waals surface area contributed by atoms with E-state index in [1.807, 2.05) is 60.7 Å². The first-order valence-corrected chi connectivity index (χ1v) is 6.57. The number of rotatable bonds is 7. The molecule has 0 saturated carbocycles. The van der Waals surface area contributed by atoms with Crippen molar-refractivity contribution < 1.29 is 14.6 Å². The van der Waals surface area contributed by atoms with Crippen LogP contribution in [-0.4, -0.2) is 23.6 Å². The van der Waals surface area contributed by atoms with Gasteiger partial charge in [-0.1, -0.05) is 60.7 Å². The number of carbonyl (C=O) groups is 1. The molecule has 0 aliphatic carbocycles. The molecule has 2 rings (SSSR count). The average Bonchev–Trinajstić information content (AvgIpc) is 2.53. The van der Waals surface area contributed by atoms with Gasteiger partial charge in [0.05, 0.1) is 13.2 Å². The van der Waals surface area contributed by atoms with E-state index in [2.05, 4.69) is 0 Å². The van der Waals surface area contributed by atoms with Gasteiger partial charge in [-0.05, 0) is 11.1 Å². The lowest BCUT2D eigenvalue weighted by Gasteiger charge is -2.26.